The highest BCUT2D eigenvalue weighted by atomic mass is 16.4. The average molecular weight is 236 g/mol. The lowest BCUT2D eigenvalue weighted by Crippen LogP contribution is -2.46. The zero-order chi connectivity index (χ0) is 13.3. The van der Waals surface area contributed by atoms with E-state index in [1.54, 1.807) is 0 Å². The molecule has 5 heteroatoms. The molecule has 5 nitrogen and oxygen atoms in total. The number of carboxylic acid groups (broad SMARTS) is 1. The fourth-order valence-electron chi connectivity index (χ4n) is 1.18. The van der Waals surface area contributed by atoms with Gasteiger partial charge in [0, 0.05) is 12.5 Å². The molecule has 0 radical (unpaired) electrons. The van der Waals surface area contributed by atoms with Crippen LogP contribution in [0, 0.1) is 24.7 Å². The Morgan fingerprint density at radius 1 is 1.41 bits per heavy atom. The number of nitrogens with zero attached hydrogens (tertiary/aromatic N) is 1. The number of carbonyl (C=O) groups excluding carboxylic acids is 1. The van der Waals surface area contributed by atoms with Gasteiger partial charge in [0.1, 0.15) is 6.54 Å². The van der Waals surface area contributed by atoms with Crippen LogP contribution in [0.15, 0.2) is 0 Å². The molecular weight excluding hydrogens is 220 g/mol. The zero-order valence-electron chi connectivity index (χ0n) is 9.77. The van der Waals surface area contributed by atoms with E-state index in [1.165, 1.54) is 0 Å². The van der Waals surface area contributed by atoms with Crippen LogP contribution >= 0.6 is 0 Å². The number of hydrogen-bond donors (Lipinski definition) is 2. The molecule has 0 bridgehead atoms. The minimum Gasteiger partial charge on any atom is -0.480 e. The van der Waals surface area contributed by atoms with E-state index >= 15 is 0 Å². The van der Waals surface area contributed by atoms with Crippen molar-refractivity contribution in [2.75, 3.05) is 13.1 Å². The summed E-state index contributed by atoms with van der Waals surface area (Å²) in [4.78, 5) is 23.3. The molecule has 0 aromatic heterocycles. The summed E-state index contributed by atoms with van der Waals surface area (Å²) in [6.45, 7) is 1.40. The average Bonchev–Trinajstić information content (AvgIpc) is 2.27. The summed E-state index contributed by atoms with van der Waals surface area (Å²) in [7, 11) is 0. The summed E-state index contributed by atoms with van der Waals surface area (Å²) < 4.78 is 0. The zero-order valence-corrected chi connectivity index (χ0v) is 9.77. The van der Waals surface area contributed by atoms with E-state index in [0.717, 1.165) is 4.90 Å². The minimum absolute atomic E-state index is 0.0510. The molecule has 2 amide bonds. The smallest absolute Gasteiger partial charge is 0.323 e. The summed E-state index contributed by atoms with van der Waals surface area (Å²) in [5.41, 5.74) is 0. The number of rotatable bonds is 6. The number of hydrogen-bond acceptors (Lipinski definition) is 2. The number of urea groups is 1. The Kier molecular flexibility index (Phi) is 7.05. The fourth-order valence-corrected chi connectivity index (χ4v) is 1.18. The lowest BCUT2D eigenvalue weighted by molar-refractivity contribution is -0.137. The maximum absolute atomic E-state index is 11.7. The van der Waals surface area contributed by atoms with Gasteiger partial charge in [-0.3, -0.25) is 4.79 Å². The summed E-state index contributed by atoms with van der Waals surface area (Å²) in [5, 5.41) is 11.3. The second-order valence-electron chi connectivity index (χ2n) is 3.42. The van der Waals surface area contributed by atoms with E-state index in [1.807, 2.05) is 6.92 Å². The lowest BCUT2D eigenvalue weighted by Gasteiger charge is -2.22. The summed E-state index contributed by atoms with van der Waals surface area (Å²) in [5.74, 6) is 3.57. The van der Waals surface area contributed by atoms with Gasteiger partial charge in [0.2, 0.25) is 0 Å². The molecule has 0 fully saturated rings. The first-order valence-corrected chi connectivity index (χ1v) is 5.19. The molecule has 0 saturated carbocycles. The molecule has 0 rings (SSSR count). The highest BCUT2D eigenvalue weighted by Gasteiger charge is 2.18. The Labute approximate surface area is 101 Å². The number of carboxylic acids is 1. The number of carbonyl (C=O) groups is 2. The van der Waals surface area contributed by atoms with Gasteiger partial charge in [-0.15, -0.1) is 18.8 Å². The number of aliphatic carboxylic acids is 1. The van der Waals surface area contributed by atoms with Crippen molar-refractivity contribution in [3.8, 4) is 24.7 Å². The van der Waals surface area contributed by atoms with Crippen LogP contribution in [0.5, 0.6) is 0 Å². The van der Waals surface area contributed by atoms with Crippen molar-refractivity contribution < 1.29 is 14.7 Å². The highest BCUT2D eigenvalue weighted by molar-refractivity contribution is 5.80. The first-order chi connectivity index (χ1) is 8.04. The van der Waals surface area contributed by atoms with Gasteiger partial charge in [-0.2, -0.15) is 0 Å². The molecule has 0 aliphatic carbocycles. The molecule has 0 aromatic carbocycles. The van der Waals surface area contributed by atoms with Crippen molar-refractivity contribution in [1.29, 1.82) is 0 Å². The third kappa shape index (κ3) is 6.11. The van der Waals surface area contributed by atoms with E-state index in [-0.39, 0.29) is 12.6 Å². The summed E-state index contributed by atoms with van der Waals surface area (Å²) >= 11 is 0. The Morgan fingerprint density at radius 2 is 2.06 bits per heavy atom. The van der Waals surface area contributed by atoms with Gasteiger partial charge in [0.05, 0.1) is 6.54 Å². The minimum atomic E-state index is -1.11. The quantitative estimate of drug-likeness (QED) is 0.660. The molecule has 17 heavy (non-hydrogen) atoms. The van der Waals surface area contributed by atoms with Gasteiger partial charge in [0.25, 0.3) is 0 Å². The van der Waals surface area contributed by atoms with Crippen molar-refractivity contribution >= 4 is 12.0 Å². The van der Waals surface area contributed by atoms with E-state index < -0.39 is 18.5 Å². The van der Waals surface area contributed by atoms with Crippen molar-refractivity contribution in [1.82, 2.24) is 10.2 Å². The second-order valence-corrected chi connectivity index (χ2v) is 3.42. The number of terminal acetylenes is 2. The van der Waals surface area contributed by atoms with E-state index in [9.17, 15) is 9.59 Å². The Bertz CT molecular complexity index is 352. The van der Waals surface area contributed by atoms with Crippen LogP contribution in [0.1, 0.15) is 19.8 Å². The first kappa shape index (κ1) is 14.9. The predicted molar refractivity (Wildman–Crippen MR) is 64.1 cm³/mol. The molecule has 0 aromatic rings. The molecule has 0 aliphatic heterocycles. The third-order valence-corrected chi connectivity index (χ3v) is 2.08. The Hall–Kier alpha value is -2.14. The van der Waals surface area contributed by atoms with Crippen molar-refractivity contribution in [2.45, 2.75) is 25.8 Å². The predicted octanol–water partition coefficient (Wildman–Crippen LogP) is 0.518. The molecule has 0 heterocycles. The molecule has 2 N–H and O–H groups in total. The van der Waals surface area contributed by atoms with Gasteiger partial charge in [0.15, 0.2) is 0 Å². The van der Waals surface area contributed by atoms with Gasteiger partial charge in [-0.25, -0.2) is 4.79 Å². The van der Waals surface area contributed by atoms with E-state index in [4.69, 9.17) is 18.0 Å². The summed E-state index contributed by atoms with van der Waals surface area (Å²) in [6.07, 6.45) is 11.3. The fraction of sp³-hybridized carbons (Fsp3) is 0.500. The number of nitrogens with one attached hydrogen (secondary N) is 1. The van der Waals surface area contributed by atoms with Gasteiger partial charge in [-0.1, -0.05) is 12.8 Å². The summed E-state index contributed by atoms with van der Waals surface area (Å²) in [6, 6.07) is -0.672. The monoisotopic (exact) mass is 236 g/mol. The van der Waals surface area contributed by atoms with Crippen LogP contribution in [0.2, 0.25) is 0 Å². The van der Waals surface area contributed by atoms with Gasteiger partial charge >= 0.3 is 12.0 Å². The molecule has 1 unspecified atom stereocenters. The van der Waals surface area contributed by atoms with E-state index in [0.29, 0.717) is 12.8 Å². The lowest BCUT2D eigenvalue weighted by atomic mass is 10.1. The molecule has 1 atom stereocenters. The van der Waals surface area contributed by atoms with Crippen LogP contribution < -0.4 is 5.32 Å². The molecule has 0 spiro atoms. The molecule has 0 saturated heterocycles. The van der Waals surface area contributed by atoms with Crippen LogP contribution in [-0.2, 0) is 4.79 Å². The normalized spacial score (nSPS) is 10.8. The van der Waals surface area contributed by atoms with Crippen LogP contribution in [0.4, 0.5) is 4.79 Å². The van der Waals surface area contributed by atoms with Crippen molar-refractivity contribution in [3.05, 3.63) is 0 Å². The van der Waals surface area contributed by atoms with Crippen LogP contribution in [0.3, 0.4) is 0 Å². The van der Waals surface area contributed by atoms with Crippen LogP contribution in [0.25, 0.3) is 0 Å². The van der Waals surface area contributed by atoms with E-state index in [2.05, 4.69) is 17.2 Å². The SMILES string of the molecule is C#CCC(CC)NC(=O)N(CC#C)CC(=O)O. The second kappa shape index (κ2) is 8.06. The van der Waals surface area contributed by atoms with Crippen molar-refractivity contribution in [3.63, 3.8) is 0 Å². The largest absolute Gasteiger partial charge is 0.480 e. The first-order valence-electron chi connectivity index (χ1n) is 5.19. The van der Waals surface area contributed by atoms with Crippen molar-refractivity contribution in [2.24, 2.45) is 0 Å². The topological polar surface area (TPSA) is 69.6 Å². The third-order valence-electron chi connectivity index (χ3n) is 2.08. The van der Waals surface area contributed by atoms with Gasteiger partial charge in [-0.05, 0) is 6.42 Å². The molecule has 92 valence electrons. The maximum Gasteiger partial charge on any atom is 0.323 e. The molecule has 0 aliphatic rings. The van der Waals surface area contributed by atoms with Gasteiger partial charge < -0.3 is 15.3 Å². The Balaban J connectivity index is 4.46. The Morgan fingerprint density at radius 3 is 2.47 bits per heavy atom. The number of amides is 2. The standard InChI is InChI=1S/C12H16N2O3/c1-4-7-10(6-3)13-12(17)14(8-5-2)9-11(15)16/h1-2,10H,6-9H2,3H3,(H,13,17)(H,15,16). The molecular formula is C12H16N2O3. The highest BCUT2D eigenvalue weighted by Crippen LogP contribution is 1.98. The maximum atomic E-state index is 11.7. The van der Waals surface area contributed by atoms with Crippen LogP contribution in [-0.4, -0.2) is 41.1 Å².